The molecule has 234 valence electrons. The topological polar surface area (TPSA) is 108 Å². The third-order valence-corrected chi connectivity index (χ3v) is 6.91. The predicted molar refractivity (Wildman–Crippen MR) is 155 cm³/mol. The summed E-state index contributed by atoms with van der Waals surface area (Å²) in [7, 11) is 0. The van der Waals surface area contributed by atoms with Crippen molar-refractivity contribution in [2.45, 2.75) is 58.6 Å². The zero-order valence-corrected chi connectivity index (χ0v) is 26.3. The van der Waals surface area contributed by atoms with E-state index in [9.17, 15) is 35.9 Å². The number of benzene rings is 1. The van der Waals surface area contributed by atoms with Crippen LogP contribution < -0.4 is 5.32 Å². The van der Waals surface area contributed by atoms with E-state index in [4.69, 9.17) is 11.6 Å². The molecule has 0 fully saturated rings. The molecule has 44 heavy (non-hydrogen) atoms. The summed E-state index contributed by atoms with van der Waals surface area (Å²) < 4.78 is 81.5. The molecule has 1 N–H and O–H groups in total. The molecular formula is C27H23ClF6IN7O2. The highest BCUT2D eigenvalue weighted by atomic mass is 127. The summed E-state index contributed by atoms with van der Waals surface area (Å²) in [6, 6.07) is 7.56. The third kappa shape index (κ3) is 7.57. The lowest BCUT2D eigenvalue weighted by Gasteiger charge is -2.22. The molecule has 0 aliphatic carbocycles. The van der Waals surface area contributed by atoms with Crippen LogP contribution in [-0.2, 0) is 25.3 Å². The minimum atomic E-state index is -5.42. The van der Waals surface area contributed by atoms with E-state index < -0.39 is 47.5 Å². The first-order chi connectivity index (χ1) is 20.2. The molecule has 0 bridgehead atoms. The predicted octanol–water partition coefficient (Wildman–Crippen LogP) is 6.46. The number of ketones is 1. The van der Waals surface area contributed by atoms with Crippen molar-refractivity contribution in [1.29, 1.82) is 0 Å². The largest absolute Gasteiger partial charge is 0.437 e. The first-order valence-corrected chi connectivity index (χ1v) is 14.1. The number of nitrogens with one attached hydrogen (secondary N) is 1. The number of aryl methyl sites for hydroxylation is 1. The fourth-order valence-corrected chi connectivity index (χ4v) is 5.20. The van der Waals surface area contributed by atoms with Crippen LogP contribution in [0.3, 0.4) is 0 Å². The fourth-order valence-electron chi connectivity index (χ4n) is 4.22. The van der Waals surface area contributed by atoms with E-state index in [0.717, 1.165) is 8.25 Å². The lowest BCUT2D eigenvalue weighted by atomic mass is 9.95. The van der Waals surface area contributed by atoms with Crippen molar-refractivity contribution in [2.24, 2.45) is 0 Å². The van der Waals surface area contributed by atoms with Gasteiger partial charge in [-0.15, -0.1) is 10.2 Å². The molecule has 0 aliphatic rings. The minimum Gasteiger partial charge on any atom is -0.347 e. The monoisotopic (exact) mass is 753 g/mol. The number of Topliss-reactive ketones (excluding diaryl/α,β-unsaturated/α-hetero) is 1. The van der Waals surface area contributed by atoms with Gasteiger partial charge in [-0.05, 0) is 91.7 Å². The molecule has 1 aromatic carbocycles. The van der Waals surface area contributed by atoms with Gasteiger partial charge in [-0.3, -0.25) is 9.59 Å². The fraction of sp³-hybridized carbons (Fsp3) is 0.333. The van der Waals surface area contributed by atoms with Gasteiger partial charge in [0.15, 0.2) is 23.0 Å². The smallest absolute Gasteiger partial charge is 0.347 e. The number of hydrogen-bond donors (Lipinski definition) is 1. The molecule has 0 radical (unpaired) electrons. The number of alkyl halides is 6. The second-order valence-electron chi connectivity index (χ2n) is 10.7. The Balaban J connectivity index is 1.78. The second-order valence-corrected chi connectivity index (χ2v) is 12.4. The van der Waals surface area contributed by atoms with Crippen LogP contribution in [0.1, 0.15) is 69.8 Å². The van der Waals surface area contributed by atoms with Crippen LogP contribution in [0.5, 0.6) is 0 Å². The normalized spacial score (nSPS) is 12.5. The summed E-state index contributed by atoms with van der Waals surface area (Å²) in [5.74, 6) is -1.01. The molecule has 0 aliphatic heterocycles. The Morgan fingerprint density at radius 2 is 1.59 bits per heavy atom. The molecule has 0 saturated heterocycles. The van der Waals surface area contributed by atoms with Crippen LogP contribution in [0.2, 0.25) is 5.02 Å². The summed E-state index contributed by atoms with van der Waals surface area (Å²) in [5, 5.41) is 13.1. The van der Waals surface area contributed by atoms with Crippen molar-refractivity contribution >= 4 is 45.9 Å². The Labute approximate surface area is 265 Å². The quantitative estimate of drug-likeness (QED) is 0.132. The van der Waals surface area contributed by atoms with E-state index in [2.05, 4.69) is 48.2 Å². The Bertz CT molecular complexity index is 1710. The first-order valence-electron chi connectivity index (χ1n) is 12.7. The number of aromatic nitrogens is 6. The molecule has 3 heterocycles. The number of nitrogens with zero attached hydrogens (tertiary/aromatic N) is 6. The van der Waals surface area contributed by atoms with Gasteiger partial charge in [0.1, 0.15) is 12.2 Å². The van der Waals surface area contributed by atoms with E-state index in [0.29, 0.717) is 11.1 Å². The highest BCUT2D eigenvalue weighted by molar-refractivity contribution is 14.1. The second kappa shape index (κ2) is 12.1. The summed E-state index contributed by atoms with van der Waals surface area (Å²) in [6.45, 7) is 6.39. The van der Waals surface area contributed by atoms with Gasteiger partial charge < -0.3 is 5.32 Å². The number of hydrogen-bond acceptors (Lipinski definition) is 6. The van der Waals surface area contributed by atoms with Gasteiger partial charge in [0.25, 0.3) is 5.91 Å². The average molecular weight is 754 g/mol. The molecule has 0 unspecified atom stereocenters. The molecule has 9 nitrogen and oxygen atoms in total. The van der Waals surface area contributed by atoms with Gasteiger partial charge in [-0.1, -0.05) is 11.6 Å². The molecule has 4 aromatic rings. The summed E-state index contributed by atoms with van der Waals surface area (Å²) in [5.41, 5.74) is -3.96. The Kier molecular flexibility index (Phi) is 9.17. The van der Waals surface area contributed by atoms with Gasteiger partial charge in [0, 0.05) is 27.3 Å². The van der Waals surface area contributed by atoms with Crippen LogP contribution >= 0.6 is 34.2 Å². The number of halogens is 8. The number of carbonyl (C=O) groups is 2. The van der Waals surface area contributed by atoms with E-state index >= 15 is 0 Å². The van der Waals surface area contributed by atoms with Crippen molar-refractivity contribution < 1.29 is 35.9 Å². The Morgan fingerprint density at radius 3 is 2.14 bits per heavy atom. The first kappa shape index (κ1) is 33.4. The molecule has 0 spiro atoms. The lowest BCUT2D eigenvalue weighted by Crippen LogP contribution is -2.41. The van der Waals surface area contributed by atoms with Crippen LogP contribution in [0.4, 0.5) is 26.3 Å². The van der Waals surface area contributed by atoms with Crippen LogP contribution in [-0.4, -0.2) is 47.0 Å². The molecular weight excluding hydrogens is 731 g/mol. The highest BCUT2D eigenvalue weighted by Crippen LogP contribution is 2.38. The van der Waals surface area contributed by atoms with Gasteiger partial charge in [-0.25, -0.2) is 9.67 Å². The Morgan fingerprint density at radius 1 is 0.977 bits per heavy atom. The van der Waals surface area contributed by atoms with Crippen LogP contribution in [0.15, 0.2) is 36.5 Å². The van der Waals surface area contributed by atoms with Gasteiger partial charge >= 0.3 is 12.4 Å². The third-order valence-electron chi connectivity index (χ3n) is 5.99. The maximum atomic E-state index is 13.8. The van der Waals surface area contributed by atoms with Gasteiger partial charge in [0.2, 0.25) is 0 Å². The summed E-state index contributed by atoms with van der Waals surface area (Å²) >= 11 is 8.34. The molecule has 4 rings (SSSR count). The molecule has 17 heteroatoms. The van der Waals surface area contributed by atoms with E-state index in [-0.39, 0.29) is 39.0 Å². The molecule has 3 aromatic heterocycles. The zero-order chi connectivity index (χ0) is 32.8. The Hall–Kier alpha value is -3.54. The van der Waals surface area contributed by atoms with Crippen LogP contribution in [0.25, 0.3) is 5.82 Å². The van der Waals surface area contributed by atoms with Crippen molar-refractivity contribution in [2.75, 3.05) is 0 Å². The summed E-state index contributed by atoms with van der Waals surface area (Å²) in [4.78, 5) is 31.3. The molecule has 1 amide bonds. The highest BCUT2D eigenvalue weighted by Gasteiger charge is 2.48. The standard InChI is InChI=1S/C27H23ClF6IN7O2/c1-13-8-14(35)9-17(24(44)37-25(2,3)4)16(13)11-20(43)19-10-15(38-42(19)23-18(28)6-5-7-36-23)12-41-39-21(26(29,30)31)22(40-41)27(32,33)34/h5-10H,11-12H2,1-4H3,(H,37,44). The zero-order valence-electron chi connectivity index (χ0n) is 23.4. The van der Waals surface area contributed by atoms with Crippen molar-refractivity contribution in [1.82, 2.24) is 35.1 Å². The minimum absolute atomic E-state index is 0.0193. The van der Waals surface area contributed by atoms with Gasteiger partial charge in [-0.2, -0.15) is 36.2 Å². The van der Waals surface area contributed by atoms with E-state index in [1.807, 2.05) is 0 Å². The lowest BCUT2D eigenvalue weighted by molar-refractivity contribution is -0.165. The van der Waals surface area contributed by atoms with E-state index in [1.54, 1.807) is 39.8 Å². The average Bonchev–Trinajstić information content (AvgIpc) is 3.50. The maximum Gasteiger partial charge on any atom is 0.437 e. The number of pyridine rings is 1. The van der Waals surface area contributed by atoms with Crippen molar-refractivity contribution in [3.05, 3.63) is 84.6 Å². The maximum absolute atomic E-state index is 13.8. The number of carbonyl (C=O) groups excluding carboxylic acids is 2. The molecule has 0 atom stereocenters. The number of amides is 1. The number of rotatable bonds is 7. The van der Waals surface area contributed by atoms with E-state index in [1.165, 1.54) is 24.4 Å². The van der Waals surface area contributed by atoms with Crippen molar-refractivity contribution in [3.63, 3.8) is 0 Å². The van der Waals surface area contributed by atoms with Gasteiger partial charge in [0.05, 0.1) is 10.7 Å². The SMILES string of the molecule is Cc1cc(I)cc(C(=O)NC(C)(C)C)c1CC(=O)c1cc(Cn2nc(C(F)(F)F)c(C(F)(F)F)n2)nn1-c1ncccc1Cl. The molecule has 0 saturated carbocycles. The van der Waals surface area contributed by atoms with Crippen molar-refractivity contribution in [3.8, 4) is 5.82 Å². The summed E-state index contributed by atoms with van der Waals surface area (Å²) in [6.07, 6.45) is -9.79. The van der Waals surface area contributed by atoms with Crippen LogP contribution in [0, 0.1) is 10.5 Å².